The fourth-order valence-corrected chi connectivity index (χ4v) is 7.27. The zero-order valence-corrected chi connectivity index (χ0v) is 11.4. The maximum Gasteiger partial charge on any atom is 0.238 e. The van der Waals surface area contributed by atoms with Gasteiger partial charge in [-0.2, -0.15) is 0 Å². The van der Waals surface area contributed by atoms with Crippen molar-refractivity contribution in [1.29, 1.82) is 0 Å². The fourth-order valence-electron chi connectivity index (χ4n) is 4.70. The summed E-state index contributed by atoms with van der Waals surface area (Å²) in [5.74, 6) is 0.438. The Hall–Kier alpha value is -0.580. The topological polar surface area (TPSA) is 54.5 Å². The minimum Gasteiger partial charge on any atom is -0.274 e. The molecule has 5 heteroatoms. The SMILES string of the molecule is CC(=O)N1[C@H]2CC3CCC2(CS1(=O)=O)C3(C)C. The predicted molar refractivity (Wildman–Crippen MR) is 63.6 cm³/mol. The highest BCUT2D eigenvalue weighted by Gasteiger charge is 2.71. The highest BCUT2D eigenvalue weighted by atomic mass is 32.2. The monoisotopic (exact) mass is 257 g/mol. The van der Waals surface area contributed by atoms with Crippen LogP contribution in [-0.2, 0) is 14.8 Å². The predicted octanol–water partition coefficient (Wildman–Crippen LogP) is 1.37. The highest BCUT2D eigenvalue weighted by Crippen LogP contribution is 2.69. The maximum absolute atomic E-state index is 12.2. The molecule has 1 amide bonds. The second-order valence-electron chi connectivity index (χ2n) is 6.44. The summed E-state index contributed by atoms with van der Waals surface area (Å²) < 4.78 is 25.6. The Bertz CT molecular complexity index is 496. The molecule has 1 saturated heterocycles. The van der Waals surface area contributed by atoms with E-state index in [1.165, 1.54) is 11.2 Å². The van der Waals surface area contributed by atoms with Crippen molar-refractivity contribution in [2.75, 3.05) is 5.75 Å². The van der Waals surface area contributed by atoms with Crippen molar-refractivity contribution in [1.82, 2.24) is 4.31 Å². The van der Waals surface area contributed by atoms with Gasteiger partial charge in [0, 0.05) is 12.3 Å². The summed E-state index contributed by atoms with van der Waals surface area (Å²) in [6.45, 7) is 5.74. The molecule has 0 aromatic rings. The van der Waals surface area contributed by atoms with Crippen LogP contribution in [0.25, 0.3) is 0 Å². The van der Waals surface area contributed by atoms with Gasteiger partial charge in [-0.05, 0) is 30.6 Å². The van der Waals surface area contributed by atoms with Crippen LogP contribution in [0.1, 0.15) is 40.0 Å². The van der Waals surface area contributed by atoms with Gasteiger partial charge in [-0.1, -0.05) is 13.8 Å². The van der Waals surface area contributed by atoms with E-state index in [-0.39, 0.29) is 28.5 Å². The van der Waals surface area contributed by atoms with Crippen LogP contribution in [-0.4, -0.2) is 30.4 Å². The number of carbonyl (C=O) groups excluding carboxylic acids is 1. The Kier molecular flexibility index (Phi) is 1.94. The van der Waals surface area contributed by atoms with Gasteiger partial charge in [0.1, 0.15) is 0 Å². The molecule has 0 N–H and O–H groups in total. The van der Waals surface area contributed by atoms with E-state index in [4.69, 9.17) is 0 Å². The molecular formula is C12H19NO3S. The first-order chi connectivity index (χ1) is 7.72. The van der Waals surface area contributed by atoms with E-state index in [2.05, 4.69) is 13.8 Å². The molecule has 3 atom stereocenters. The fraction of sp³-hybridized carbons (Fsp3) is 0.917. The molecule has 0 aromatic heterocycles. The van der Waals surface area contributed by atoms with Crippen LogP contribution in [0.5, 0.6) is 0 Å². The molecule has 3 fully saturated rings. The zero-order chi connectivity index (χ0) is 12.6. The van der Waals surface area contributed by atoms with E-state index in [0.29, 0.717) is 5.92 Å². The summed E-state index contributed by atoms with van der Waals surface area (Å²) in [4.78, 5) is 11.6. The minimum absolute atomic E-state index is 0.0505. The van der Waals surface area contributed by atoms with E-state index >= 15 is 0 Å². The highest BCUT2D eigenvalue weighted by molar-refractivity contribution is 7.90. The molecule has 96 valence electrons. The molecule has 17 heavy (non-hydrogen) atoms. The van der Waals surface area contributed by atoms with Crippen molar-refractivity contribution < 1.29 is 13.2 Å². The van der Waals surface area contributed by atoms with Gasteiger partial charge in [0.2, 0.25) is 15.9 Å². The largest absolute Gasteiger partial charge is 0.274 e. The molecule has 4 nitrogen and oxygen atoms in total. The standard InChI is InChI=1S/C12H19NO3S/c1-8(14)13-10-6-9-4-5-12(10,11(9,2)3)7-17(13,15)16/h9-10H,4-7H2,1-3H3/t9?,10-,12?/m0/s1. The summed E-state index contributed by atoms with van der Waals surface area (Å²) in [5, 5.41) is 0. The molecule has 2 aliphatic carbocycles. The van der Waals surface area contributed by atoms with Gasteiger partial charge in [0.15, 0.2) is 0 Å². The Morgan fingerprint density at radius 1 is 1.35 bits per heavy atom. The average molecular weight is 257 g/mol. The molecule has 2 bridgehead atoms. The smallest absolute Gasteiger partial charge is 0.238 e. The average Bonchev–Trinajstić information content (AvgIpc) is 2.62. The first-order valence-corrected chi connectivity index (χ1v) is 7.86. The molecule has 2 unspecified atom stereocenters. The van der Waals surface area contributed by atoms with Crippen LogP contribution in [0, 0.1) is 16.7 Å². The Morgan fingerprint density at radius 3 is 2.53 bits per heavy atom. The number of nitrogens with zero attached hydrogens (tertiary/aromatic N) is 1. The van der Waals surface area contributed by atoms with Gasteiger partial charge in [-0.3, -0.25) is 4.79 Å². The van der Waals surface area contributed by atoms with Crippen LogP contribution in [0.2, 0.25) is 0 Å². The molecule has 2 saturated carbocycles. The number of hydrogen-bond acceptors (Lipinski definition) is 3. The Morgan fingerprint density at radius 2 is 2.00 bits per heavy atom. The molecular weight excluding hydrogens is 238 g/mol. The van der Waals surface area contributed by atoms with E-state index in [1.54, 1.807) is 0 Å². The van der Waals surface area contributed by atoms with Gasteiger partial charge in [0.25, 0.3) is 0 Å². The summed E-state index contributed by atoms with van der Waals surface area (Å²) in [7, 11) is -3.38. The molecule has 0 radical (unpaired) electrons. The quantitative estimate of drug-likeness (QED) is 0.658. The summed E-state index contributed by atoms with van der Waals surface area (Å²) in [5.41, 5.74) is -0.128. The van der Waals surface area contributed by atoms with E-state index in [9.17, 15) is 13.2 Å². The first kappa shape index (κ1) is 11.5. The van der Waals surface area contributed by atoms with Crippen molar-refractivity contribution in [3.05, 3.63) is 0 Å². The molecule has 1 heterocycles. The number of sulfonamides is 1. The summed E-state index contributed by atoms with van der Waals surface area (Å²) in [6.07, 6.45) is 2.94. The molecule has 0 aromatic carbocycles. The number of amides is 1. The lowest BCUT2D eigenvalue weighted by molar-refractivity contribution is -0.126. The van der Waals surface area contributed by atoms with E-state index in [1.807, 2.05) is 0 Å². The van der Waals surface area contributed by atoms with E-state index in [0.717, 1.165) is 19.3 Å². The minimum atomic E-state index is -3.38. The van der Waals surface area contributed by atoms with Gasteiger partial charge in [0.05, 0.1) is 11.8 Å². The normalized spacial score (nSPS) is 45.0. The zero-order valence-electron chi connectivity index (χ0n) is 10.6. The van der Waals surface area contributed by atoms with Crippen molar-refractivity contribution in [2.24, 2.45) is 16.7 Å². The van der Waals surface area contributed by atoms with Gasteiger partial charge in [-0.25, -0.2) is 12.7 Å². The van der Waals surface area contributed by atoms with Crippen LogP contribution in [0.4, 0.5) is 0 Å². The lowest BCUT2D eigenvalue weighted by Crippen LogP contribution is -2.43. The number of fused-ring (bicyclic) bond motifs is 1. The van der Waals surface area contributed by atoms with Crippen LogP contribution in [0.15, 0.2) is 0 Å². The molecule has 3 rings (SSSR count). The van der Waals surface area contributed by atoms with Crippen LogP contribution >= 0.6 is 0 Å². The number of rotatable bonds is 0. The van der Waals surface area contributed by atoms with Crippen LogP contribution < -0.4 is 0 Å². The lowest BCUT2D eigenvalue weighted by Gasteiger charge is -2.36. The number of hydrogen-bond donors (Lipinski definition) is 0. The molecule has 3 aliphatic rings. The maximum atomic E-state index is 12.2. The third-order valence-electron chi connectivity index (χ3n) is 5.72. The first-order valence-electron chi connectivity index (χ1n) is 6.25. The third-order valence-corrected chi connectivity index (χ3v) is 7.71. The Balaban J connectivity index is 2.15. The Labute approximate surface area is 102 Å². The van der Waals surface area contributed by atoms with Gasteiger partial charge in [-0.15, -0.1) is 0 Å². The van der Waals surface area contributed by atoms with Crippen molar-refractivity contribution in [3.8, 4) is 0 Å². The third kappa shape index (κ3) is 1.09. The van der Waals surface area contributed by atoms with Crippen molar-refractivity contribution in [3.63, 3.8) is 0 Å². The second-order valence-corrected chi connectivity index (χ2v) is 8.28. The molecule has 1 aliphatic heterocycles. The summed E-state index contributed by atoms with van der Waals surface area (Å²) >= 11 is 0. The van der Waals surface area contributed by atoms with Gasteiger partial charge >= 0.3 is 0 Å². The van der Waals surface area contributed by atoms with Crippen molar-refractivity contribution in [2.45, 2.75) is 46.1 Å². The number of carbonyl (C=O) groups is 1. The van der Waals surface area contributed by atoms with E-state index < -0.39 is 10.0 Å². The lowest BCUT2D eigenvalue weighted by atomic mass is 9.69. The van der Waals surface area contributed by atoms with Gasteiger partial charge < -0.3 is 0 Å². The molecule has 1 spiro atoms. The summed E-state index contributed by atoms with van der Waals surface area (Å²) in [6, 6.07) is -0.0706. The van der Waals surface area contributed by atoms with Crippen molar-refractivity contribution >= 4 is 15.9 Å². The second kappa shape index (κ2) is 2.87. The van der Waals surface area contributed by atoms with Crippen LogP contribution in [0.3, 0.4) is 0 Å².